The van der Waals surface area contributed by atoms with Crippen LogP contribution in [0.1, 0.15) is 47.5 Å². The topological polar surface area (TPSA) is 103 Å². The highest BCUT2D eigenvalue weighted by Gasteiger charge is 2.48. The number of ether oxygens (including phenoxy) is 2. The molecule has 0 N–H and O–H groups in total. The lowest BCUT2D eigenvalue weighted by Crippen LogP contribution is -2.40. The lowest BCUT2D eigenvalue weighted by Gasteiger charge is -2.30. The Labute approximate surface area is 197 Å². The molecule has 2 atom stereocenters. The molecule has 5 rings (SSSR count). The molecule has 0 saturated carbocycles. The molecule has 8 nitrogen and oxygen atoms in total. The van der Waals surface area contributed by atoms with Crippen molar-refractivity contribution in [2.24, 2.45) is 0 Å². The van der Waals surface area contributed by atoms with Gasteiger partial charge in [-0.1, -0.05) is 25.1 Å². The summed E-state index contributed by atoms with van der Waals surface area (Å²) in [4.78, 5) is 28.7. The normalized spacial score (nSPS) is 21.1. The number of methoxy groups -OCH3 is 1. The van der Waals surface area contributed by atoms with Crippen molar-refractivity contribution in [3.63, 3.8) is 0 Å². The fraction of sp³-hybridized carbons (Fsp3) is 0.360. The number of hydrogen-bond acceptors (Lipinski definition) is 7. The average Bonchev–Trinajstić information content (AvgIpc) is 3.34. The molecule has 0 radical (unpaired) electrons. The SMILES string of the molecule is CCCOc1ccc([C@@H]2c3c(oc4ccccc4c3=O)C(=O)N2[C@@H]2CCS(=O)(=O)C2)cc1OC. The number of sulfone groups is 1. The van der Waals surface area contributed by atoms with E-state index in [0.29, 0.717) is 41.1 Å². The van der Waals surface area contributed by atoms with E-state index in [0.717, 1.165) is 6.42 Å². The van der Waals surface area contributed by atoms with Crippen LogP contribution in [-0.4, -0.2) is 50.5 Å². The molecule has 2 aliphatic heterocycles. The molecular formula is C25H25NO7S. The molecule has 3 aromatic rings. The predicted molar refractivity (Wildman–Crippen MR) is 126 cm³/mol. The molecule has 2 aliphatic rings. The maximum absolute atomic E-state index is 13.6. The highest BCUT2D eigenvalue weighted by Crippen LogP contribution is 2.43. The van der Waals surface area contributed by atoms with E-state index in [1.165, 1.54) is 12.0 Å². The molecule has 1 fully saturated rings. The van der Waals surface area contributed by atoms with E-state index in [4.69, 9.17) is 13.9 Å². The smallest absolute Gasteiger partial charge is 0.291 e. The van der Waals surface area contributed by atoms with Crippen LogP contribution in [-0.2, 0) is 9.84 Å². The number of fused-ring (bicyclic) bond motifs is 2. The average molecular weight is 484 g/mol. The van der Waals surface area contributed by atoms with Gasteiger partial charge in [0.05, 0.1) is 42.2 Å². The third-order valence-corrected chi connectivity index (χ3v) is 8.13. The van der Waals surface area contributed by atoms with Gasteiger partial charge in [-0.25, -0.2) is 8.42 Å². The summed E-state index contributed by atoms with van der Waals surface area (Å²) in [5, 5.41) is 0.370. The number of rotatable bonds is 6. The summed E-state index contributed by atoms with van der Waals surface area (Å²) >= 11 is 0. The first-order chi connectivity index (χ1) is 16.3. The zero-order valence-electron chi connectivity index (χ0n) is 18.9. The standard InChI is InChI=1S/C25H25NO7S/c1-3-11-32-19-9-8-15(13-20(19)31-2)22-21-23(27)17-6-4-5-7-18(17)33-24(21)25(28)26(22)16-10-12-34(29,30)14-16/h4-9,13,16,22H,3,10-12,14H2,1-2H3/t16-,22-/m1/s1. The lowest BCUT2D eigenvalue weighted by molar-refractivity contribution is 0.0662. The molecule has 0 unspecified atom stereocenters. The highest BCUT2D eigenvalue weighted by atomic mass is 32.2. The number of para-hydroxylation sites is 1. The minimum Gasteiger partial charge on any atom is -0.493 e. The van der Waals surface area contributed by atoms with Crippen LogP contribution in [0.5, 0.6) is 11.5 Å². The summed E-state index contributed by atoms with van der Waals surface area (Å²) in [5.74, 6) is 0.361. The summed E-state index contributed by atoms with van der Waals surface area (Å²) in [5.41, 5.74) is 0.862. The number of benzene rings is 2. The van der Waals surface area contributed by atoms with Gasteiger partial charge in [0.2, 0.25) is 5.76 Å². The molecule has 0 bridgehead atoms. The predicted octanol–water partition coefficient (Wildman–Crippen LogP) is 3.32. The third kappa shape index (κ3) is 3.64. The van der Waals surface area contributed by atoms with E-state index in [1.807, 2.05) is 6.92 Å². The molecule has 0 spiro atoms. The van der Waals surface area contributed by atoms with Crippen LogP contribution in [0, 0.1) is 0 Å². The van der Waals surface area contributed by atoms with Crippen molar-refractivity contribution in [3.8, 4) is 11.5 Å². The number of carbonyl (C=O) groups excluding carboxylic acids is 1. The van der Waals surface area contributed by atoms with Crippen LogP contribution >= 0.6 is 0 Å². The van der Waals surface area contributed by atoms with E-state index in [1.54, 1.807) is 42.5 Å². The Hall–Kier alpha value is -3.33. The van der Waals surface area contributed by atoms with Crippen molar-refractivity contribution in [1.82, 2.24) is 4.90 Å². The molecule has 178 valence electrons. The maximum atomic E-state index is 13.6. The van der Waals surface area contributed by atoms with Crippen LogP contribution in [0.3, 0.4) is 0 Å². The van der Waals surface area contributed by atoms with E-state index >= 15 is 0 Å². The quantitative estimate of drug-likeness (QED) is 0.530. The Morgan fingerprint density at radius 3 is 2.62 bits per heavy atom. The summed E-state index contributed by atoms with van der Waals surface area (Å²) < 4.78 is 41.7. The summed E-state index contributed by atoms with van der Waals surface area (Å²) in [7, 11) is -1.75. The van der Waals surface area contributed by atoms with Gasteiger partial charge in [0.15, 0.2) is 26.8 Å². The van der Waals surface area contributed by atoms with Gasteiger partial charge in [-0.15, -0.1) is 0 Å². The van der Waals surface area contributed by atoms with Gasteiger partial charge in [0.1, 0.15) is 5.58 Å². The monoisotopic (exact) mass is 483 g/mol. The number of carbonyl (C=O) groups is 1. The molecule has 0 aliphatic carbocycles. The first-order valence-corrected chi connectivity index (χ1v) is 13.1. The Morgan fingerprint density at radius 2 is 1.91 bits per heavy atom. The van der Waals surface area contributed by atoms with Gasteiger partial charge < -0.3 is 18.8 Å². The van der Waals surface area contributed by atoms with Gasteiger partial charge in [0.25, 0.3) is 5.91 Å². The third-order valence-electron chi connectivity index (χ3n) is 6.38. The second-order valence-corrected chi connectivity index (χ2v) is 10.8. The Morgan fingerprint density at radius 1 is 1.12 bits per heavy atom. The molecule has 1 amide bonds. The second kappa shape index (κ2) is 8.47. The minimum absolute atomic E-state index is 0.000971. The van der Waals surface area contributed by atoms with Crippen LogP contribution in [0.4, 0.5) is 0 Å². The first-order valence-electron chi connectivity index (χ1n) is 11.2. The van der Waals surface area contributed by atoms with Gasteiger partial charge in [-0.2, -0.15) is 0 Å². The lowest BCUT2D eigenvalue weighted by atomic mass is 9.97. The fourth-order valence-electron chi connectivity index (χ4n) is 4.82. The Kier molecular flexibility index (Phi) is 5.59. The summed E-state index contributed by atoms with van der Waals surface area (Å²) in [6, 6.07) is 10.7. The van der Waals surface area contributed by atoms with E-state index in [9.17, 15) is 18.0 Å². The molecule has 3 heterocycles. The Balaban J connectivity index is 1.70. The number of nitrogens with zero attached hydrogens (tertiary/aromatic N) is 1. The van der Waals surface area contributed by atoms with Gasteiger partial charge >= 0.3 is 0 Å². The first kappa shape index (κ1) is 22.5. The van der Waals surface area contributed by atoms with Gasteiger partial charge in [-0.3, -0.25) is 9.59 Å². The second-order valence-electron chi connectivity index (χ2n) is 8.60. The van der Waals surface area contributed by atoms with Crippen LogP contribution in [0.25, 0.3) is 11.0 Å². The molecule has 1 aromatic heterocycles. The molecule has 34 heavy (non-hydrogen) atoms. The van der Waals surface area contributed by atoms with Crippen molar-refractivity contribution in [2.75, 3.05) is 25.2 Å². The number of hydrogen-bond donors (Lipinski definition) is 0. The summed E-state index contributed by atoms with van der Waals surface area (Å²) in [6.45, 7) is 2.52. The molecular weight excluding hydrogens is 458 g/mol. The molecule has 2 aromatic carbocycles. The van der Waals surface area contributed by atoms with Crippen molar-refractivity contribution in [2.45, 2.75) is 31.8 Å². The summed E-state index contributed by atoms with van der Waals surface area (Å²) in [6.07, 6.45) is 1.13. The van der Waals surface area contributed by atoms with E-state index in [-0.39, 0.29) is 28.3 Å². The maximum Gasteiger partial charge on any atom is 0.291 e. The van der Waals surface area contributed by atoms with Crippen molar-refractivity contribution < 1.29 is 27.1 Å². The number of amides is 1. The largest absolute Gasteiger partial charge is 0.493 e. The van der Waals surface area contributed by atoms with E-state index in [2.05, 4.69) is 0 Å². The van der Waals surface area contributed by atoms with Gasteiger partial charge in [-0.05, 0) is 42.7 Å². The van der Waals surface area contributed by atoms with Crippen molar-refractivity contribution in [3.05, 3.63) is 69.6 Å². The van der Waals surface area contributed by atoms with Crippen LogP contribution < -0.4 is 14.9 Å². The fourth-order valence-corrected chi connectivity index (χ4v) is 6.53. The zero-order valence-corrected chi connectivity index (χ0v) is 19.8. The zero-order chi connectivity index (χ0) is 24.0. The van der Waals surface area contributed by atoms with Gasteiger partial charge in [0, 0.05) is 6.04 Å². The highest BCUT2D eigenvalue weighted by molar-refractivity contribution is 7.91. The van der Waals surface area contributed by atoms with Crippen LogP contribution in [0.15, 0.2) is 51.7 Å². The molecule has 9 heteroatoms. The molecule has 1 saturated heterocycles. The van der Waals surface area contributed by atoms with Crippen molar-refractivity contribution in [1.29, 1.82) is 0 Å². The van der Waals surface area contributed by atoms with Crippen LogP contribution in [0.2, 0.25) is 0 Å². The minimum atomic E-state index is -3.27. The Bertz CT molecular complexity index is 1440. The van der Waals surface area contributed by atoms with E-state index < -0.39 is 27.8 Å². The van der Waals surface area contributed by atoms with Crippen molar-refractivity contribution >= 4 is 26.7 Å².